The van der Waals surface area contributed by atoms with Gasteiger partial charge in [-0.05, 0) is 68.3 Å². The molecule has 0 radical (unpaired) electrons. The van der Waals surface area contributed by atoms with E-state index in [1.165, 1.54) is 4.31 Å². The first-order valence-corrected chi connectivity index (χ1v) is 11.7. The maximum absolute atomic E-state index is 13.1. The Hall–Kier alpha value is -2.97. The van der Waals surface area contributed by atoms with Crippen molar-refractivity contribution in [2.24, 2.45) is 0 Å². The van der Waals surface area contributed by atoms with Crippen LogP contribution in [0.5, 0.6) is 0 Å². The molecular formula is C23H26N4O3S. The van der Waals surface area contributed by atoms with E-state index < -0.39 is 10.0 Å². The number of amides is 1. The van der Waals surface area contributed by atoms with Gasteiger partial charge in [-0.1, -0.05) is 12.1 Å². The van der Waals surface area contributed by atoms with Gasteiger partial charge >= 0.3 is 0 Å². The quantitative estimate of drug-likeness (QED) is 0.628. The van der Waals surface area contributed by atoms with Crippen LogP contribution in [0.4, 0.5) is 0 Å². The molecule has 0 bridgehead atoms. The van der Waals surface area contributed by atoms with E-state index in [9.17, 15) is 13.2 Å². The minimum absolute atomic E-state index is 0.0903. The van der Waals surface area contributed by atoms with Crippen molar-refractivity contribution in [3.63, 3.8) is 0 Å². The summed E-state index contributed by atoms with van der Waals surface area (Å²) in [6.45, 7) is 6.95. The molecule has 0 N–H and O–H groups in total. The van der Waals surface area contributed by atoms with Crippen LogP contribution >= 0.6 is 0 Å². The summed E-state index contributed by atoms with van der Waals surface area (Å²) in [4.78, 5) is 15.0. The van der Waals surface area contributed by atoms with Gasteiger partial charge in [-0.3, -0.25) is 4.79 Å². The first-order valence-electron chi connectivity index (χ1n) is 10.2. The van der Waals surface area contributed by atoms with Gasteiger partial charge in [0.2, 0.25) is 10.0 Å². The van der Waals surface area contributed by atoms with Crippen LogP contribution < -0.4 is 0 Å². The molecule has 1 amide bonds. The predicted molar refractivity (Wildman–Crippen MR) is 119 cm³/mol. The Bertz CT molecular complexity index is 1210. The zero-order chi connectivity index (χ0) is 22.2. The molecule has 0 atom stereocenters. The lowest BCUT2D eigenvalue weighted by atomic mass is 10.1. The molecule has 3 aromatic rings. The Kier molecular flexibility index (Phi) is 5.68. The fourth-order valence-corrected chi connectivity index (χ4v) is 5.56. The normalized spacial score (nSPS) is 15.3. The van der Waals surface area contributed by atoms with Crippen LogP contribution in [0.1, 0.15) is 27.2 Å². The van der Waals surface area contributed by atoms with E-state index >= 15 is 0 Å². The number of carbonyl (C=O) groups excluding carboxylic acids is 1. The third-order valence-corrected chi connectivity index (χ3v) is 7.72. The molecule has 1 aliphatic rings. The molecule has 0 aliphatic carbocycles. The third-order valence-electron chi connectivity index (χ3n) is 5.68. The monoisotopic (exact) mass is 438 g/mol. The van der Waals surface area contributed by atoms with E-state index in [4.69, 9.17) is 0 Å². The number of carbonyl (C=O) groups is 1. The van der Waals surface area contributed by atoms with Crippen molar-refractivity contribution in [2.75, 3.05) is 26.2 Å². The number of aryl methyl sites for hydroxylation is 3. The molecule has 0 saturated carbocycles. The van der Waals surface area contributed by atoms with E-state index in [-0.39, 0.29) is 19.0 Å². The van der Waals surface area contributed by atoms with E-state index in [0.717, 1.165) is 22.5 Å². The second-order valence-corrected chi connectivity index (χ2v) is 9.80. The van der Waals surface area contributed by atoms with Gasteiger partial charge < -0.3 is 4.90 Å². The molecule has 2 aromatic carbocycles. The van der Waals surface area contributed by atoms with Gasteiger partial charge in [-0.15, -0.1) is 0 Å². The van der Waals surface area contributed by atoms with Crippen LogP contribution in [0.25, 0.3) is 5.69 Å². The smallest absolute Gasteiger partial charge is 0.253 e. The van der Waals surface area contributed by atoms with Crippen LogP contribution in [0, 0.1) is 20.8 Å². The zero-order valence-corrected chi connectivity index (χ0v) is 18.8. The zero-order valence-electron chi connectivity index (χ0n) is 17.9. The number of hydrogen-bond donors (Lipinski definition) is 0. The van der Waals surface area contributed by atoms with Gasteiger partial charge in [-0.25, -0.2) is 13.1 Å². The van der Waals surface area contributed by atoms with Gasteiger partial charge in [0.15, 0.2) is 0 Å². The van der Waals surface area contributed by atoms with Crippen molar-refractivity contribution < 1.29 is 13.2 Å². The van der Waals surface area contributed by atoms with Gasteiger partial charge in [0.25, 0.3) is 5.91 Å². The second kappa shape index (κ2) is 8.28. The first kappa shape index (κ1) is 21.3. The topological polar surface area (TPSA) is 75.5 Å². The van der Waals surface area contributed by atoms with Crippen molar-refractivity contribution in [1.82, 2.24) is 19.0 Å². The van der Waals surface area contributed by atoms with Crippen LogP contribution in [0.15, 0.2) is 59.6 Å². The molecule has 2 heterocycles. The standard InChI is InChI=1S/C23H26N4O3S/c1-17-4-5-18(2)22(16-17)31(29,30)26-14-12-25(13-15-26)23(28)20-6-8-21(9-7-20)27-19(3)10-11-24-27/h4-11,16H,12-15H2,1-3H3. The highest BCUT2D eigenvalue weighted by Gasteiger charge is 2.31. The highest BCUT2D eigenvalue weighted by molar-refractivity contribution is 7.89. The summed E-state index contributed by atoms with van der Waals surface area (Å²) >= 11 is 0. The summed E-state index contributed by atoms with van der Waals surface area (Å²) in [5.74, 6) is -0.0903. The maximum Gasteiger partial charge on any atom is 0.253 e. The molecule has 8 heteroatoms. The molecule has 0 unspecified atom stereocenters. The molecule has 4 rings (SSSR count). The first-order chi connectivity index (χ1) is 14.8. The van der Waals surface area contributed by atoms with Crippen molar-refractivity contribution >= 4 is 15.9 Å². The van der Waals surface area contributed by atoms with Crippen molar-refractivity contribution in [3.8, 4) is 5.69 Å². The highest BCUT2D eigenvalue weighted by Crippen LogP contribution is 2.23. The summed E-state index contributed by atoms with van der Waals surface area (Å²) in [6.07, 6.45) is 1.74. The molecule has 1 aliphatic heterocycles. The fraction of sp³-hybridized carbons (Fsp3) is 0.304. The summed E-state index contributed by atoms with van der Waals surface area (Å²) in [7, 11) is -3.58. The highest BCUT2D eigenvalue weighted by atomic mass is 32.2. The molecule has 0 spiro atoms. The summed E-state index contributed by atoms with van der Waals surface area (Å²) < 4.78 is 29.5. The molecule has 1 aromatic heterocycles. The lowest BCUT2D eigenvalue weighted by Crippen LogP contribution is -2.50. The number of piperazine rings is 1. The van der Waals surface area contributed by atoms with E-state index in [1.807, 2.05) is 48.9 Å². The molecule has 7 nitrogen and oxygen atoms in total. The Balaban J connectivity index is 1.44. The minimum Gasteiger partial charge on any atom is -0.336 e. The SMILES string of the molecule is Cc1ccc(C)c(S(=O)(=O)N2CCN(C(=O)c3ccc(-n4nccc4C)cc3)CC2)c1. The molecule has 1 fully saturated rings. The maximum atomic E-state index is 13.1. The number of benzene rings is 2. The van der Waals surface area contributed by atoms with Crippen molar-refractivity contribution in [2.45, 2.75) is 25.7 Å². The average molecular weight is 439 g/mol. The minimum atomic E-state index is -3.58. The van der Waals surface area contributed by atoms with E-state index in [2.05, 4.69) is 5.10 Å². The summed E-state index contributed by atoms with van der Waals surface area (Å²) in [5.41, 5.74) is 4.13. The third kappa shape index (κ3) is 4.13. The molecule has 162 valence electrons. The number of sulfonamides is 1. The summed E-state index contributed by atoms with van der Waals surface area (Å²) in [5, 5.41) is 4.28. The lowest BCUT2D eigenvalue weighted by molar-refractivity contribution is 0.0698. The second-order valence-electron chi connectivity index (χ2n) is 7.90. The van der Waals surface area contributed by atoms with Crippen LogP contribution in [0.2, 0.25) is 0 Å². The van der Waals surface area contributed by atoms with E-state index in [1.54, 1.807) is 36.2 Å². The van der Waals surface area contributed by atoms with Crippen molar-refractivity contribution in [3.05, 3.63) is 77.1 Å². The Morgan fingerprint density at radius 2 is 1.58 bits per heavy atom. The molecular weight excluding hydrogens is 412 g/mol. The molecule has 31 heavy (non-hydrogen) atoms. The summed E-state index contributed by atoms with van der Waals surface area (Å²) in [6, 6.07) is 14.7. The number of nitrogens with zero attached hydrogens (tertiary/aromatic N) is 4. The van der Waals surface area contributed by atoms with Crippen molar-refractivity contribution in [1.29, 1.82) is 0 Å². The lowest BCUT2D eigenvalue weighted by Gasteiger charge is -2.34. The predicted octanol–water partition coefficient (Wildman–Crippen LogP) is 2.94. The molecule has 1 saturated heterocycles. The number of rotatable bonds is 4. The largest absolute Gasteiger partial charge is 0.336 e. The average Bonchev–Trinajstić information content (AvgIpc) is 3.21. The van der Waals surface area contributed by atoms with Gasteiger partial charge in [0.05, 0.1) is 10.6 Å². The van der Waals surface area contributed by atoms with Gasteiger partial charge in [0.1, 0.15) is 0 Å². The van der Waals surface area contributed by atoms with Gasteiger partial charge in [-0.2, -0.15) is 9.40 Å². The Labute approximate surface area is 183 Å². The fourth-order valence-electron chi connectivity index (χ4n) is 3.82. The van der Waals surface area contributed by atoms with Crippen LogP contribution in [-0.4, -0.2) is 59.5 Å². The Morgan fingerprint density at radius 3 is 2.19 bits per heavy atom. The van der Waals surface area contributed by atoms with Crippen LogP contribution in [0.3, 0.4) is 0 Å². The number of aromatic nitrogens is 2. The van der Waals surface area contributed by atoms with Gasteiger partial charge in [0, 0.05) is 43.6 Å². The Morgan fingerprint density at radius 1 is 0.903 bits per heavy atom. The number of hydrogen-bond acceptors (Lipinski definition) is 4. The van der Waals surface area contributed by atoms with Crippen LogP contribution in [-0.2, 0) is 10.0 Å². The van der Waals surface area contributed by atoms with E-state index in [0.29, 0.717) is 23.5 Å².